The Morgan fingerprint density at radius 3 is 2.45 bits per heavy atom. The first-order chi connectivity index (χ1) is 19.2. The van der Waals surface area contributed by atoms with E-state index in [-0.39, 0.29) is 12.4 Å². The molecule has 0 unspecified atom stereocenters. The molecule has 4 heterocycles. The van der Waals surface area contributed by atoms with Crippen molar-refractivity contribution in [2.24, 2.45) is 0 Å². The molecule has 10 nitrogen and oxygen atoms in total. The predicted molar refractivity (Wildman–Crippen MR) is 145 cm³/mol. The van der Waals surface area contributed by atoms with E-state index >= 15 is 0 Å². The van der Waals surface area contributed by atoms with Crippen LogP contribution in [0, 0.1) is 13.8 Å². The zero-order valence-electron chi connectivity index (χ0n) is 22.8. The Balaban J connectivity index is 1.45. The molecule has 0 radical (unpaired) electrons. The summed E-state index contributed by atoms with van der Waals surface area (Å²) in [4.78, 5) is 23.0. The number of aromatic nitrogens is 4. The van der Waals surface area contributed by atoms with Crippen molar-refractivity contribution in [3.05, 3.63) is 59.6 Å². The van der Waals surface area contributed by atoms with Gasteiger partial charge in [0.15, 0.2) is 0 Å². The highest BCUT2D eigenvalue weighted by molar-refractivity contribution is 5.87. The van der Waals surface area contributed by atoms with Crippen molar-refractivity contribution in [2.75, 3.05) is 37.0 Å². The molecule has 0 saturated carbocycles. The lowest BCUT2D eigenvalue weighted by atomic mass is 9.99. The van der Waals surface area contributed by atoms with E-state index in [0.717, 1.165) is 66.3 Å². The van der Waals surface area contributed by atoms with Crippen LogP contribution in [-0.2, 0) is 11.3 Å². The number of hydrogen-bond donors (Lipinski definition) is 0. The first-order valence-corrected chi connectivity index (χ1v) is 13.0. The normalized spacial score (nSPS) is 14.6. The van der Waals surface area contributed by atoms with Gasteiger partial charge in [0.05, 0.1) is 34.9 Å². The molecule has 12 heteroatoms. The van der Waals surface area contributed by atoms with Gasteiger partial charge in [-0.2, -0.15) is 8.78 Å². The zero-order chi connectivity index (χ0) is 28.4. The van der Waals surface area contributed by atoms with Crippen molar-refractivity contribution in [2.45, 2.75) is 45.7 Å². The smallest absolute Gasteiger partial charge is 0.314 e. The highest BCUT2D eigenvalue weighted by Crippen LogP contribution is 2.38. The van der Waals surface area contributed by atoms with Gasteiger partial charge in [-0.1, -0.05) is 11.2 Å². The number of anilines is 2. The summed E-state index contributed by atoms with van der Waals surface area (Å²) in [5, 5.41) is 11.1. The number of aryl methyl sites for hydroxylation is 2. The molecule has 1 aliphatic heterocycles. The van der Waals surface area contributed by atoms with Crippen LogP contribution >= 0.6 is 0 Å². The van der Waals surface area contributed by atoms with E-state index in [4.69, 9.17) is 8.94 Å². The number of nitrogens with zero attached hydrogens (tertiary/aromatic N) is 7. The van der Waals surface area contributed by atoms with Gasteiger partial charge in [-0.05, 0) is 76.7 Å². The van der Waals surface area contributed by atoms with Crippen LogP contribution in [0.4, 0.5) is 20.2 Å². The number of piperidine rings is 1. The monoisotopic (exact) mass is 551 g/mol. The first kappa shape index (κ1) is 27.4. The van der Waals surface area contributed by atoms with Crippen molar-refractivity contribution < 1.29 is 22.5 Å². The molecule has 0 bridgehead atoms. The van der Waals surface area contributed by atoms with Gasteiger partial charge < -0.3 is 23.6 Å². The molecule has 0 aliphatic carbocycles. The molecule has 0 N–H and O–H groups in total. The van der Waals surface area contributed by atoms with Gasteiger partial charge in [-0.15, -0.1) is 10.2 Å². The maximum atomic E-state index is 12.8. The Morgan fingerprint density at radius 2 is 1.85 bits per heavy atom. The Labute approximate surface area is 230 Å². The predicted octanol–water partition coefficient (Wildman–Crippen LogP) is 5.03. The lowest BCUT2D eigenvalue weighted by molar-refractivity contribution is -0.107. The van der Waals surface area contributed by atoms with Crippen LogP contribution in [0.1, 0.15) is 42.3 Å². The molecule has 1 aliphatic rings. The number of alkyl halides is 2. The van der Waals surface area contributed by atoms with Gasteiger partial charge in [0.2, 0.25) is 12.3 Å². The van der Waals surface area contributed by atoms with E-state index in [1.54, 1.807) is 17.0 Å². The summed E-state index contributed by atoms with van der Waals surface area (Å²) in [6.45, 7) is 6.00. The lowest BCUT2D eigenvalue weighted by Gasteiger charge is -2.38. The fraction of sp³-hybridized carbons (Fsp3) is 0.393. The van der Waals surface area contributed by atoms with Gasteiger partial charge in [-0.3, -0.25) is 9.78 Å². The molecule has 40 heavy (non-hydrogen) atoms. The molecule has 1 fully saturated rings. The molecular formula is C28H31F2N7O3. The fourth-order valence-electron chi connectivity index (χ4n) is 5.12. The second kappa shape index (κ2) is 11.5. The second-order valence-corrected chi connectivity index (χ2v) is 10.1. The number of benzene rings is 1. The van der Waals surface area contributed by atoms with Gasteiger partial charge in [0.25, 0.3) is 5.89 Å². The van der Waals surface area contributed by atoms with Crippen molar-refractivity contribution >= 4 is 17.8 Å². The number of carbonyl (C=O) groups excluding carboxylic acids is 1. The quantitative estimate of drug-likeness (QED) is 0.265. The number of pyridine rings is 1. The average Bonchev–Trinajstić information content (AvgIpc) is 3.59. The molecule has 0 atom stereocenters. The highest BCUT2D eigenvalue weighted by Gasteiger charge is 2.25. The van der Waals surface area contributed by atoms with Gasteiger partial charge in [-0.25, -0.2) is 0 Å². The SMILES string of the molecule is Cc1noc(C)c1-c1ccc(N(C=O)Cc2ccc(-c3nnc(C(F)F)o3)cn2)c(N(C)C2CCN(C)CC2)c1. The third-order valence-corrected chi connectivity index (χ3v) is 7.38. The molecule has 1 aromatic carbocycles. The topological polar surface area (TPSA) is 105 Å². The van der Waals surface area contributed by atoms with Crippen molar-refractivity contribution in [3.63, 3.8) is 0 Å². The lowest BCUT2D eigenvalue weighted by Crippen LogP contribution is -2.42. The maximum Gasteiger partial charge on any atom is 0.314 e. The molecule has 210 valence electrons. The summed E-state index contributed by atoms with van der Waals surface area (Å²) in [6.07, 6.45) is 1.43. The summed E-state index contributed by atoms with van der Waals surface area (Å²) >= 11 is 0. The first-order valence-electron chi connectivity index (χ1n) is 13.0. The molecule has 5 rings (SSSR count). The van der Waals surface area contributed by atoms with E-state index in [0.29, 0.717) is 17.3 Å². The van der Waals surface area contributed by atoms with Crippen molar-refractivity contribution in [3.8, 4) is 22.6 Å². The standard InChI is InChI=1S/C28H31F2N7O3/c1-17-25(18(2)40-34-17)19-6-8-23(24(13-19)36(4)22-9-11-35(3)12-10-22)37(16-38)15-21-7-5-20(14-31-21)27-32-33-28(39-27)26(29)30/h5-8,13-14,16,22,26H,9-12,15H2,1-4H3. The maximum absolute atomic E-state index is 12.8. The number of likely N-dealkylation sites (tertiary alicyclic amines) is 1. The summed E-state index contributed by atoms with van der Waals surface area (Å²) < 4.78 is 36.0. The second-order valence-electron chi connectivity index (χ2n) is 10.1. The summed E-state index contributed by atoms with van der Waals surface area (Å²) in [6, 6.07) is 9.67. The summed E-state index contributed by atoms with van der Waals surface area (Å²) in [7, 11) is 4.20. The molecule has 0 spiro atoms. The van der Waals surface area contributed by atoms with Crippen LogP contribution in [0.25, 0.3) is 22.6 Å². The fourth-order valence-corrected chi connectivity index (χ4v) is 5.12. The molecule has 1 saturated heterocycles. The van der Waals surface area contributed by atoms with E-state index < -0.39 is 12.3 Å². The van der Waals surface area contributed by atoms with Crippen molar-refractivity contribution in [1.29, 1.82) is 0 Å². The van der Waals surface area contributed by atoms with Crippen molar-refractivity contribution in [1.82, 2.24) is 25.2 Å². The van der Waals surface area contributed by atoms with E-state index in [9.17, 15) is 13.6 Å². The Hall–Kier alpha value is -4.19. The highest BCUT2D eigenvalue weighted by atomic mass is 19.3. The molecule has 1 amide bonds. The van der Waals surface area contributed by atoms with Crippen LogP contribution in [-0.4, -0.2) is 64.9 Å². The summed E-state index contributed by atoms with van der Waals surface area (Å²) in [5.74, 6) is -0.0531. The van der Waals surface area contributed by atoms with E-state index in [2.05, 4.69) is 50.3 Å². The Morgan fingerprint density at radius 1 is 1.10 bits per heavy atom. The zero-order valence-corrected chi connectivity index (χ0v) is 22.8. The van der Waals surface area contributed by atoms with Crippen LogP contribution < -0.4 is 9.80 Å². The minimum Gasteiger partial charge on any atom is -0.415 e. The minimum atomic E-state index is -2.85. The van der Waals surface area contributed by atoms with Crippen LogP contribution in [0.3, 0.4) is 0 Å². The minimum absolute atomic E-state index is 0.0430. The summed E-state index contributed by atoms with van der Waals surface area (Å²) in [5.41, 5.74) is 5.38. The van der Waals surface area contributed by atoms with Crippen LogP contribution in [0.15, 0.2) is 45.5 Å². The number of carbonyl (C=O) groups is 1. The number of amides is 1. The Bertz CT molecular complexity index is 1440. The van der Waals surface area contributed by atoms with E-state index in [1.807, 2.05) is 26.0 Å². The van der Waals surface area contributed by atoms with Crippen LogP contribution in [0.5, 0.6) is 0 Å². The van der Waals surface area contributed by atoms with E-state index in [1.165, 1.54) is 6.20 Å². The van der Waals surface area contributed by atoms with Gasteiger partial charge in [0.1, 0.15) is 5.76 Å². The third-order valence-electron chi connectivity index (χ3n) is 7.38. The number of halogens is 2. The third kappa shape index (κ3) is 5.57. The van der Waals surface area contributed by atoms with Crippen LogP contribution in [0.2, 0.25) is 0 Å². The van der Waals surface area contributed by atoms with Gasteiger partial charge >= 0.3 is 6.43 Å². The molecule has 3 aromatic heterocycles. The average molecular weight is 552 g/mol. The largest absolute Gasteiger partial charge is 0.415 e. The number of rotatable bonds is 9. The molecular weight excluding hydrogens is 520 g/mol. The van der Waals surface area contributed by atoms with Gasteiger partial charge in [0, 0.05) is 24.8 Å². The molecule has 4 aromatic rings. The Kier molecular flexibility index (Phi) is 7.88. The number of hydrogen-bond acceptors (Lipinski definition) is 9.